The second-order valence-electron chi connectivity index (χ2n) is 2.28. The minimum atomic E-state index is 0.760. The molecule has 0 radical (unpaired) electrons. The van der Waals surface area contributed by atoms with Crippen LogP contribution < -0.4 is 0 Å². The van der Waals surface area contributed by atoms with Crippen LogP contribution in [0.1, 0.15) is 0 Å². The lowest BCUT2D eigenvalue weighted by Gasteiger charge is -2.12. The van der Waals surface area contributed by atoms with Crippen LogP contribution >= 0.6 is 0 Å². The Bertz CT molecular complexity index is 228. The van der Waals surface area contributed by atoms with E-state index in [1.807, 2.05) is 29.2 Å². The molecule has 0 saturated heterocycles. The van der Waals surface area contributed by atoms with Crippen LogP contribution in [-0.2, 0) is 0 Å². The molecule has 52 valence electrons. The van der Waals surface area contributed by atoms with E-state index in [9.17, 15) is 0 Å². The molecule has 4 heteroatoms. The number of hydrazone groups is 2. The van der Waals surface area contributed by atoms with Crippen LogP contribution in [0, 0.1) is 0 Å². The first-order chi connectivity index (χ1) is 4.86. The Hall–Kier alpha value is -1.32. The van der Waals surface area contributed by atoms with E-state index >= 15 is 0 Å². The van der Waals surface area contributed by atoms with Crippen molar-refractivity contribution < 1.29 is 0 Å². The predicted molar refractivity (Wildman–Crippen MR) is 39.5 cm³/mol. The maximum Gasteiger partial charge on any atom is 0.170 e. The van der Waals surface area contributed by atoms with Crippen molar-refractivity contribution in [3.8, 4) is 0 Å². The summed E-state index contributed by atoms with van der Waals surface area (Å²) in [5.41, 5.74) is 0. The van der Waals surface area contributed by atoms with Gasteiger partial charge in [-0.2, -0.15) is 10.2 Å². The van der Waals surface area contributed by atoms with Gasteiger partial charge in [0.15, 0.2) is 5.84 Å². The molecule has 2 heterocycles. The van der Waals surface area contributed by atoms with Crippen LogP contribution in [0.5, 0.6) is 0 Å². The zero-order chi connectivity index (χ0) is 6.97. The van der Waals surface area contributed by atoms with Crippen molar-refractivity contribution in [1.82, 2.24) is 10.0 Å². The first kappa shape index (κ1) is 5.46. The van der Waals surface area contributed by atoms with Gasteiger partial charge in [-0.05, 0) is 12.2 Å². The molecule has 2 aliphatic heterocycles. The summed E-state index contributed by atoms with van der Waals surface area (Å²) < 4.78 is 0. The average Bonchev–Trinajstić information content (AvgIpc) is 2.27. The highest BCUT2D eigenvalue weighted by Gasteiger charge is 2.17. The number of hydrogen-bond donors (Lipinski definition) is 0. The van der Waals surface area contributed by atoms with Gasteiger partial charge in [-0.3, -0.25) is 5.01 Å². The summed E-state index contributed by atoms with van der Waals surface area (Å²) in [7, 11) is 1.93. The van der Waals surface area contributed by atoms with Gasteiger partial charge in [-0.1, -0.05) is 0 Å². The molecule has 0 spiro atoms. The van der Waals surface area contributed by atoms with Gasteiger partial charge in [-0.25, -0.2) is 5.01 Å². The van der Waals surface area contributed by atoms with Crippen LogP contribution in [-0.4, -0.2) is 35.8 Å². The fraction of sp³-hybridized carbons (Fsp3) is 0.333. The number of amidine groups is 1. The molecule has 0 saturated carbocycles. The monoisotopic (exact) mass is 136 g/mol. The zero-order valence-corrected chi connectivity index (χ0v) is 5.73. The summed E-state index contributed by atoms with van der Waals surface area (Å²) in [5.74, 6) is 0.921. The van der Waals surface area contributed by atoms with E-state index in [1.165, 1.54) is 0 Å². The summed E-state index contributed by atoms with van der Waals surface area (Å²) in [6.45, 7) is 0.760. The normalized spacial score (nSPS) is 21.5. The lowest BCUT2D eigenvalue weighted by molar-refractivity contribution is 0.284. The third-order valence-electron chi connectivity index (χ3n) is 1.41. The lowest BCUT2D eigenvalue weighted by atomic mass is 10.4. The van der Waals surface area contributed by atoms with Crippen molar-refractivity contribution in [1.29, 1.82) is 0 Å². The predicted octanol–water partition coefficient (Wildman–Crippen LogP) is 0.0604. The number of nitrogens with zero attached hydrogens (tertiary/aromatic N) is 4. The average molecular weight is 136 g/mol. The summed E-state index contributed by atoms with van der Waals surface area (Å²) in [5, 5.41) is 12.0. The van der Waals surface area contributed by atoms with E-state index in [0.29, 0.717) is 0 Å². The highest BCUT2D eigenvalue weighted by molar-refractivity contribution is 5.99. The first-order valence-corrected chi connectivity index (χ1v) is 3.14. The summed E-state index contributed by atoms with van der Waals surface area (Å²) >= 11 is 0. The minimum Gasteiger partial charge on any atom is -0.276 e. The number of allylic oxidation sites excluding steroid dienone is 1. The lowest BCUT2D eigenvalue weighted by Crippen LogP contribution is -2.25. The fourth-order valence-corrected chi connectivity index (χ4v) is 0.988. The highest BCUT2D eigenvalue weighted by atomic mass is 15.7. The third-order valence-corrected chi connectivity index (χ3v) is 1.41. The van der Waals surface area contributed by atoms with E-state index in [-0.39, 0.29) is 0 Å². The molecular weight excluding hydrogens is 128 g/mol. The molecule has 2 aliphatic rings. The first-order valence-electron chi connectivity index (χ1n) is 3.14. The molecule has 0 atom stereocenters. The van der Waals surface area contributed by atoms with Crippen LogP contribution in [0.25, 0.3) is 0 Å². The van der Waals surface area contributed by atoms with Crippen molar-refractivity contribution in [3.05, 3.63) is 12.2 Å². The van der Waals surface area contributed by atoms with Crippen LogP contribution in [0.3, 0.4) is 0 Å². The van der Waals surface area contributed by atoms with Gasteiger partial charge in [0, 0.05) is 13.3 Å². The van der Waals surface area contributed by atoms with Crippen LogP contribution in [0.4, 0.5) is 0 Å². The number of fused-ring (bicyclic) bond motifs is 1. The smallest absolute Gasteiger partial charge is 0.170 e. The van der Waals surface area contributed by atoms with Crippen molar-refractivity contribution in [2.45, 2.75) is 0 Å². The van der Waals surface area contributed by atoms with E-state index in [0.717, 1.165) is 12.5 Å². The van der Waals surface area contributed by atoms with Gasteiger partial charge < -0.3 is 0 Å². The number of rotatable bonds is 0. The Labute approximate surface area is 59.1 Å². The summed E-state index contributed by atoms with van der Waals surface area (Å²) in [4.78, 5) is 0. The SMILES string of the molecule is CN1CN2N=CC=CC2=N1. The van der Waals surface area contributed by atoms with Crippen molar-refractivity contribution in [3.63, 3.8) is 0 Å². The molecule has 0 fully saturated rings. The maximum absolute atomic E-state index is 4.19. The highest BCUT2D eigenvalue weighted by Crippen LogP contribution is 2.08. The maximum atomic E-state index is 4.19. The molecule has 4 nitrogen and oxygen atoms in total. The standard InChI is InChI=1S/C6H8N4/c1-9-5-10-6(8-9)3-2-4-7-10/h2-4H,5H2,1H3. The topological polar surface area (TPSA) is 31.2 Å². The third kappa shape index (κ3) is 0.689. The van der Waals surface area contributed by atoms with Gasteiger partial charge in [0.05, 0.1) is 0 Å². The molecule has 10 heavy (non-hydrogen) atoms. The summed E-state index contributed by atoms with van der Waals surface area (Å²) in [6, 6.07) is 0. The van der Waals surface area contributed by atoms with Crippen molar-refractivity contribution in [2.24, 2.45) is 10.2 Å². The van der Waals surface area contributed by atoms with E-state index in [2.05, 4.69) is 10.2 Å². The Morgan fingerprint density at radius 1 is 1.60 bits per heavy atom. The minimum absolute atomic E-state index is 0.760. The van der Waals surface area contributed by atoms with Crippen molar-refractivity contribution >= 4 is 12.1 Å². The quantitative estimate of drug-likeness (QED) is 0.471. The Morgan fingerprint density at radius 3 is 3.30 bits per heavy atom. The molecule has 0 aromatic heterocycles. The largest absolute Gasteiger partial charge is 0.276 e. The van der Waals surface area contributed by atoms with Crippen LogP contribution in [0.2, 0.25) is 0 Å². The van der Waals surface area contributed by atoms with Crippen molar-refractivity contribution in [2.75, 3.05) is 13.7 Å². The number of hydrogen-bond acceptors (Lipinski definition) is 4. The second kappa shape index (κ2) is 1.83. The fourth-order valence-electron chi connectivity index (χ4n) is 0.988. The van der Waals surface area contributed by atoms with Gasteiger partial charge >= 0.3 is 0 Å². The van der Waals surface area contributed by atoms with Gasteiger partial charge in [0.1, 0.15) is 6.67 Å². The molecule has 0 aliphatic carbocycles. The molecular formula is C6H8N4. The molecule has 0 aromatic rings. The molecule has 0 amide bonds. The van der Waals surface area contributed by atoms with Gasteiger partial charge in [0.2, 0.25) is 0 Å². The molecule has 0 aromatic carbocycles. The van der Waals surface area contributed by atoms with Crippen LogP contribution in [0.15, 0.2) is 22.4 Å². The van der Waals surface area contributed by atoms with E-state index in [1.54, 1.807) is 6.21 Å². The Kier molecular flexibility index (Phi) is 1.00. The summed E-state index contributed by atoms with van der Waals surface area (Å²) in [6.07, 6.45) is 5.59. The van der Waals surface area contributed by atoms with Gasteiger partial charge in [-0.15, -0.1) is 0 Å². The zero-order valence-electron chi connectivity index (χ0n) is 5.73. The molecule has 2 rings (SSSR count). The van der Waals surface area contributed by atoms with Gasteiger partial charge in [0.25, 0.3) is 0 Å². The molecule has 0 bridgehead atoms. The molecule has 0 unspecified atom stereocenters. The molecule has 0 N–H and O–H groups in total. The Morgan fingerprint density at radius 2 is 2.50 bits per heavy atom. The van der Waals surface area contributed by atoms with E-state index in [4.69, 9.17) is 0 Å². The Balaban J connectivity index is 2.29. The van der Waals surface area contributed by atoms with E-state index < -0.39 is 0 Å². The second-order valence-corrected chi connectivity index (χ2v) is 2.28.